The molecule has 4 rings (SSSR count). The number of esters is 1. The maximum absolute atomic E-state index is 14.3. The highest BCUT2D eigenvalue weighted by atomic mass is 16.6. The summed E-state index contributed by atoms with van der Waals surface area (Å²) in [6, 6.07) is -1.14. The third-order valence-electron chi connectivity index (χ3n) is 14.8. The summed E-state index contributed by atoms with van der Waals surface area (Å²) in [6.07, 6.45) is 13.3. The minimum Gasteiger partial charge on any atom is -0.460 e. The van der Waals surface area contributed by atoms with Gasteiger partial charge in [0.05, 0.1) is 30.8 Å². The molecule has 1 aliphatic carbocycles. The van der Waals surface area contributed by atoms with Crippen LogP contribution in [-0.2, 0) is 33.4 Å². The summed E-state index contributed by atoms with van der Waals surface area (Å²) in [6.45, 7) is 14.0. The molecule has 5 N–H and O–H groups in total. The molecule has 2 saturated heterocycles. The molecular weight excluding hydrogens is 819 g/mol. The SMILES string of the molecule is C/C1=C\[C@@H](C)C(=O)C[C@@H]([C@H](C)C[C@@H]2CC[C@@H](O)[C@H](CO)C2)OC(=O)[C@@H]2CCCCN2C(=O)C(=O)[C@@]2(O)O[C@@H](CC[C@H]2C)C[C@H](C)/C(C)=C/C=C/C=C/[C@@H](C)C[C@@H](C)C(=O)[C@H](CO)[C@@H]1O. The van der Waals surface area contributed by atoms with Crippen molar-refractivity contribution in [3.63, 3.8) is 0 Å². The minimum absolute atomic E-state index is 0.0135. The van der Waals surface area contributed by atoms with Crippen LogP contribution in [0.3, 0.4) is 0 Å². The number of carbonyl (C=O) groups is 5. The van der Waals surface area contributed by atoms with Crippen molar-refractivity contribution in [3.8, 4) is 0 Å². The van der Waals surface area contributed by atoms with Crippen LogP contribution in [0.15, 0.2) is 47.6 Å². The second-order valence-electron chi connectivity index (χ2n) is 20.1. The van der Waals surface area contributed by atoms with Gasteiger partial charge in [-0.1, -0.05) is 83.6 Å². The Hall–Kier alpha value is -3.33. The monoisotopic (exact) mass is 898 g/mol. The molecular formula is C51H79NO12. The predicted molar refractivity (Wildman–Crippen MR) is 243 cm³/mol. The first-order chi connectivity index (χ1) is 30.2. The minimum atomic E-state index is -2.38. The molecule has 0 radical (unpaired) electrons. The largest absolute Gasteiger partial charge is 0.460 e. The molecule has 64 heavy (non-hydrogen) atoms. The van der Waals surface area contributed by atoms with E-state index >= 15 is 0 Å². The summed E-state index contributed by atoms with van der Waals surface area (Å²) in [5, 5.41) is 53.9. The lowest BCUT2D eigenvalue weighted by molar-refractivity contribution is -0.264. The summed E-state index contributed by atoms with van der Waals surface area (Å²) >= 11 is 0. The molecule has 0 aromatic rings. The van der Waals surface area contributed by atoms with E-state index in [2.05, 4.69) is 0 Å². The average Bonchev–Trinajstić information content (AvgIpc) is 3.26. The number of ether oxygens (including phenoxy) is 2. The van der Waals surface area contributed by atoms with Crippen molar-refractivity contribution in [3.05, 3.63) is 47.6 Å². The third kappa shape index (κ3) is 13.9. The lowest BCUT2D eigenvalue weighted by Crippen LogP contribution is -2.60. The van der Waals surface area contributed by atoms with Gasteiger partial charge in [-0.05, 0) is 114 Å². The molecule has 0 aromatic carbocycles. The van der Waals surface area contributed by atoms with E-state index in [1.165, 1.54) is 4.90 Å². The Kier molecular flexibility index (Phi) is 20.4. The Bertz CT molecular complexity index is 1740. The smallest absolute Gasteiger partial charge is 0.329 e. The van der Waals surface area contributed by atoms with Crippen molar-refractivity contribution in [1.82, 2.24) is 4.90 Å². The molecule has 13 heteroatoms. The average molecular weight is 898 g/mol. The van der Waals surface area contributed by atoms with Crippen LogP contribution in [0.4, 0.5) is 0 Å². The fourth-order valence-electron chi connectivity index (χ4n) is 10.2. The van der Waals surface area contributed by atoms with Gasteiger partial charge >= 0.3 is 5.97 Å². The third-order valence-corrected chi connectivity index (χ3v) is 14.8. The maximum Gasteiger partial charge on any atom is 0.329 e. The lowest BCUT2D eigenvalue weighted by Gasteiger charge is -2.42. The summed E-state index contributed by atoms with van der Waals surface area (Å²) in [7, 11) is 0. The maximum atomic E-state index is 14.3. The van der Waals surface area contributed by atoms with Gasteiger partial charge in [-0.2, -0.15) is 0 Å². The Morgan fingerprint density at radius 1 is 0.828 bits per heavy atom. The van der Waals surface area contributed by atoms with Crippen LogP contribution in [0.25, 0.3) is 0 Å². The number of hydrogen-bond acceptors (Lipinski definition) is 12. The van der Waals surface area contributed by atoms with Gasteiger partial charge in [0.1, 0.15) is 23.7 Å². The number of rotatable bonds is 5. The van der Waals surface area contributed by atoms with Gasteiger partial charge in [0, 0.05) is 43.2 Å². The number of fused-ring (bicyclic) bond motifs is 3. The van der Waals surface area contributed by atoms with E-state index in [1.54, 1.807) is 33.8 Å². The molecule has 15 atom stereocenters. The quantitative estimate of drug-likeness (QED) is 0.123. The highest BCUT2D eigenvalue weighted by molar-refractivity contribution is 6.39. The van der Waals surface area contributed by atoms with E-state index < -0.39 is 84.2 Å². The molecule has 3 aliphatic heterocycles. The van der Waals surface area contributed by atoms with Gasteiger partial charge in [0.15, 0.2) is 0 Å². The van der Waals surface area contributed by atoms with E-state index in [1.807, 2.05) is 58.1 Å². The van der Waals surface area contributed by atoms with Gasteiger partial charge in [-0.25, -0.2) is 4.79 Å². The second kappa shape index (κ2) is 24.4. The van der Waals surface area contributed by atoms with Crippen molar-refractivity contribution >= 4 is 29.2 Å². The van der Waals surface area contributed by atoms with Crippen LogP contribution in [0.1, 0.15) is 132 Å². The van der Waals surface area contributed by atoms with Crippen molar-refractivity contribution in [2.75, 3.05) is 19.8 Å². The molecule has 0 aromatic heterocycles. The highest BCUT2D eigenvalue weighted by Gasteiger charge is 2.53. The van der Waals surface area contributed by atoms with Crippen LogP contribution >= 0.6 is 0 Å². The number of aliphatic hydroxyl groups excluding tert-OH is 4. The van der Waals surface area contributed by atoms with E-state index in [0.29, 0.717) is 69.8 Å². The molecule has 1 amide bonds. The molecule has 2 bridgehead atoms. The van der Waals surface area contributed by atoms with E-state index in [-0.39, 0.29) is 67.1 Å². The number of Topliss-reactive ketones (excluding diaryl/α,β-unsaturated/α-hetero) is 3. The summed E-state index contributed by atoms with van der Waals surface area (Å²) in [5.41, 5.74) is 1.40. The first kappa shape index (κ1) is 53.3. The lowest BCUT2D eigenvalue weighted by atomic mass is 9.75. The molecule has 3 heterocycles. The van der Waals surface area contributed by atoms with Crippen LogP contribution < -0.4 is 0 Å². The number of piperidine rings is 1. The normalized spacial score (nSPS) is 40.9. The van der Waals surface area contributed by atoms with Gasteiger partial charge < -0.3 is 39.9 Å². The second-order valence-corrected chi connectivity index (χ2v) is 20.1. The van der Waals surface area contributed by atoms with Crippen molar-refractivity contribution in [2.45, 2.75) is 169 Å². The summed E-state index contributed by atoms with van der Waals surface area (Å²) in [5.74, 6) is -9.41. The fourth-order valence-corrected chi connectivity index (χ4v) is 10.2. The number of carbonyl (C=O) groups excluding carboxylic acids is 5. The van der Waals surface area contributed by atoms with E-state index in [4.69, 9.17) is 9.47 Å². The molecule has 0 unspecified atom stereocenters. The first-order valence-corrected chi connectivity index (χ1v) is 24.0. The zero-order chi connectivity index (χ0) is 47.5. The zero-order valence-corrected chi connectivity index (χ0v) is 39.7. The Morgan fingerprint density at radius 2 is 1.55 bits per heavy atom. The fraction of sp³-hybridized carbons (Fsp3) is 0.745. The molecule has 4 aliphatic rings. The molecule has 13 nitrogen and oxygen atoms in total. The van der Waals surface area contributed by atoms with E-state index in [0.717, 1.165) is 5.57 Å². The number of amides is 1. The van der Waals surface area contributed by atoms with Gasteiger partial charge in [0.2, 0.25) is 5.79 Å². The summed E-state index contributed by atoms with van der Waals surface area (Å²) < 4.78 is 12.4. The van der Waals surface area contributed by atoms with Crippen LogP contribution in [0, 0.1) is 53.3 Å². The first-order valence-electron chi connectivity index (χ1n) is 24.0. The van der Waals surface area contributed by atoms with Gasteiger partial charge in [0.25, 0.3) is 11.7 Å². The number of nitrogens with zero attached hydrogens (tertiary/aromatic N) is 1. The van der Waals surface area contributed by atoms with E-state index in [9.17, 15) is 49.5 Å². The number of ketones is 3. The molecule has 3 fully saturated rings. The van der Waals surface area contributed by atoms with Crippen molar-refractivity contribution < 1.29 is 59.0 Å². The van der Waals surface area contributed by atoms with Gasteiger partial charge in [-0.15, -0.1) is 0 Å². The van der Waals surface area contributed by atoms with Crippen LogP contribution in [0.2, 0.25) is 0 Å². The Labute approximate surface area is 381 Å². The molecule has 360 valence electrons. The number of allylic oxidation sites excluding steroid dienone is 7. The number of hydrogen-bond donors (Lipinski definition) is 5. The van der Waals surface area contributed by atoms with Crippen molar-refractivity contribution in [2.24, 2.45) is 53.3 Å². The number of aliphatic hydroxyl groups is 5. The van der Waals surface area contributed by atoms with Crippen molar-refractivity contribution in [1.29, 1.82) is 0 Å². The number of cyclic esters (lactones) is 1. The van der Waals surface area contributed by atoms with Gasteiger partial charge in [-0.3, -0.25) is 19.2 Å². The van der Waals surface area contributed by atoms with Crippen LogP contribution in [0.5, 0.6) is 0 Å². The Balaban J connectivity index is 1.69. The highest BCUT2D eigenvalue weighted by Crippen LogP contribution is 2.38. The predicted octanol–water partition coefficient (Wildman–Crippen LogP) is 5.99. The molecule has 0 spiro atoms. The molecule has 1 saturated carbocycles. The standard InChI is InChI=1S/C51H79NO12/c1-30-14-10-9-11-15-31(2)32(3)25-40-19-17-37(8)51(62,64-40)48(59)49(60)52-21-13-12-16-42(52)50(61)63-45(34(5)24-38-18-20-43(55)39(26-38)28-53)27-44(56)33(4)23-36(7)47(58)41(29-54)46(57)35(6)22-30/h9-11,14-15,23,30,32-35,37-43,45,47,53-55,58,62H,12-13,16-22,24-29H2,1-8H3/b11-9+,14-10+,31-15+,36-23+/t30-,32+,33-,34-,35-,37-,38+,39+,40+,41+,42+,43-,45+,47-,51+/m1/s1. The summed E-state index contributed by atoms with van der Waals surface area (Å²) in [4.78, 5) is 71.5. The van der Waals surface area contributed by atoms with Crippen LogP contribution in [-0.4, -0.2) is 116 Å². The topological polar surface area (TPSA) is 208 Å². The Morgan fingerprint density at radius 3 is 2.23 bits per heavy atom. The zero-order valence-electron chi connectivity index (χ0n) is 39.7.